The number of aromatic amines is 1. The Morgan fingerprint density at radius 3 is 2.40 bits per heavy atom. The van der Waals surface area contributed by atoms with Gasteiger partial charge in [-0.3, -0.25) is 48.8 Å². The second kappa shape index (κ2) is 19.6. The standard InChI is InChI=1S/C41H46Cl2N10O7/c42-28-11-8-12-29(43)35(28)38(56)46-30-23-44-49-36(30)39(57)45-25-16-20-51(21-17-25)18-4-1-3-9-26-24-52(50-48-26)19-5-2-6-22-60-32-13-7-10-27-34(32)41(59)53(40(27)58)31-14-15-33(54)47-37(31)55/h7-8,10-13,23-25,31H,1-6,9,14-22H2,(H,44,49)(H,45,57)(H,46,56)(H,47,54,55). The number of H-pyrrole nitrogens is 1. The molecule has 0 bridgehead atoms. The predicted octanol–water partition coefficient (Wildman–Crippen LogP) is 4.82. The number of fused-ring (bicyclic) bond motifs is 1. The smallest absolute Gasteiger partial charge is 0.271 e. The molecule has 4 aromatic rings. The molecule has 2 fully saturated rings. The number of piperidine rings is 2. The molecule has 60 heavy (non-hydrogen) atoms. The molecule has 2 aromatic carbocycles. The molecule has 5 heterocycles. The number of unbranched alkanes of at least 4 members (excludes halogenated alkanes) is 4. The second-order valence-electron chi connectivity index (χ2n) is 15.1. The molecule has 0 spiro atoms. The summed E-state index contributed by atoms with van der Waals surface area (Å²) in [5, 5.41) is 23.6. The van der Waals surface area contributed by atoms with Crippen LogP contribution in [0, 0.1) is 0 Å². The molecule has 316 valence electrons. The minimum absolute atomic E-state index is 0.00587. The van der Waals surface area contributed by atoms with E-state index < -0.39 is 35.6 Å². The largest absolute Gasteiger partial charge is 0.493 e. The number of aryl methyl sites for hydroxylation is 2. The van der Waals surface area contributed by atoms with Gasteiger partial charge in [-0.05, 0) is 88.6 Å². The fraction of sp³-hybridized carbons (Fsp3) is 0.439. The van der Waals surface area contributed by atoms with Crippen LogP contribution in [-0.2, 0) is 22.6 Å². The van der Waals surface area contributed by atoms with Crippen LogP contribution in [0.5, 0.6) is 5.75 Å². The van der Waals surface area contributed by atoms with Crippen molar-refractivity contribution < 1.29 is 33.5 Å². The lowest BCUT2D eigenvalue weighted by atomic mass is 10.0. The lowest BCUT2D eigenvalue weighted by Gasteiger charge is -2.32. The van der Waals surface area contributed by atoms with Gasteiger partial charge in [-0.25, -0.2) is 0 Å². The molecule has 7 rings (SSSR count). The molecular weight excluding hydrogens is 815 g/mol. The van der Waals surface area contributed by atoms with Crippen LogP contribution in [0.2, 0.25) is 10.0 Å². The molecule has 0 saturated carbocycles. The first-order chi connectivity index (χ1) is 29.1. The summed E-state index contributed by atoms with van der Waals surface area (Å²) in [5.41, 5.74) is 1.84. The average molecular weight is 862 g/mol. The van der Waals surface area contributed by atoms with Gasteiger partial charge in [0.2, 0.25) is 11.8 Å². The van der Waals surface area contributed by atoms with E-state index in [2.05, 4.69) is 41.4 Å². The number of nitrogens with one attached hydrogen (secondary N) is 4. The van der Waals surface area contributed by atoms with Crippen LogP contribution in [0.3, 0.4) is 0 Å². The van der Waals surface area contributed by atoms with Crippen LogP contribution in [0.25, 0.3) is 0 Å². The minimum atomic E-state index is -1.02. The van der Waals surface area contributed by atoms with E-state index in [9.17, 15) is 28.8 Å². The number of carbonyl (C=O) groups excluding carboxylic acids is 6. The fourth-order valence-electron chi connectivity index (χ4n) is 7.73. The van der Waals surface area contributed by atoms with E-state index in [1.54, 1.807) is 36.4 Å². The molecule has 0 aliphatic carbocycles. The third kappa shape index (κ3) is 10.0. The zero-order chi connectivity index (χ0) is 42.2. The summed E-state index contributed by atoms with van der Waals surface area (Å²) in [7, 11) is 0. The summed E-state index contributed by atoms with van der Waals surface area (Å²) in [6, 6.07) is 8.61. The monoisotopic (exact) mass is 860 g/mol. The summed E-state index contributed by atoms with van der Waals surface area (Å²) < 4.78 is 7.80. The number of anilines is 1. The summed E-state index contributed by atoms with van der Waals surface area (Å²) in [5.74, 6) is -2.78. The molecule has 6 amide bonds. The molecule has 19 heteroatoms. The third-order valence-electron chi connectivity index (χ3n) is 10.9. The number of nitrogens with zero attached hydrogens (tertiary/aromatic N) is 6. The lowest BCUT2D eigenvalue weighted by molar-refractivity contribution is -0.136. The van der Waals surface area contributed by atoms with Gasteiger partial charge in [0.15, 0.2) is 0 Å². The van der Waals surface area contributed by atoms with Crippen LogP contribution in [0.4, 0.5) is 5.69 Å². The van der Waals surface area contributed by atoms with Gasteiger partial charge in [0.1, 0.15) is 17.5 Å². The molecular formula is C41H46Cl2N10O7. The Morgan fingerprint density at radius 1 is 0.867 bits per heavy atom. The maximum atomic E-state index is 13.3. The Labute approximate surface area is 355 Å². The van der Waals surface area contributed by atoms with Crippen LogP contribution in [-0.4, -0.2) is 109 Å². The van der Waals surface area contributed by atoms with Gasteiger partial charge in [0, 0.05) is 38.3 Å². The minimum Gasteiger partial charge on any atom is -0.493 e. The maximum absolute atomic E-state index is 13.3. The number of hydrogen-bond donors (Lipinski definition) is 4. The van der Waals surface area contributed by atoms with Crippen LogP contribution in [0.15, 0.2) is 48.8 Å². The van der Waals surface area contributed by atoms with Crippen molar-refractivity contribution in [2.75, 3.05) is 31.6 Å². The number of benzene rings is 2. The fourth-order valence-corrected chi connectivity index (χ4v) is 8.30. The molecule has 3 aliphatic rings. The maximum Gasteiger partial charge on any atom is 0.271 e. The van der Waals surface area contributed by atoms with Crippen molar-refractivity contribution in [3.8, 4) is 5.75 Å². The SMILES string of the molecule is O=C1CCC(N2C(=O)c3cccc(OCCCCCn4cc(CCCCCN5CCC(NC(=O)c6[nH]ncc6NC(=O)c6c(Cl)cccc6Cl)CC5)nn4)c3C2=O)C(=O)N1. The van der Waals surface area contributed by atoms with E-state index in [0.29, 0.717) is 12.4 Å². The van der Waals surface area contributed by atoms with Crippen molar-refractivity contribution in [3.05, 3.63) is 86.9 Å². The van der Waals surface area contributed by atoms with E-state index in [-0.39, 0.29) is 62.9 Å². The summed E-state index contributed by atoms with van der Waals surface area (Å²) in [4.78, 5) is 79.5. The first-order valence-electron chi connectivity index (χ1n) is 20.3. The van der Waals surface area contributed by atoms with Crippen LogP contribution < -0.4 is 20.7 Å². The topological polar surface area (TPSA) is 214 Å². The summed E-state index contributed by atoms with van der Waals surface area (Å²) >= 11 is 12.3. The Hall–Kier alpha value is -5.65. The molecule has 0 radical (unpaired) electrons. The highest BCUT2D eigenvalue weighted by Crippen LogP contribution is 2.34. The average Bonchev–Trinajstić information content (AvgIpc) is 3.95. The quantitative estimate of drug-likeness (QED) is 0.0787. The first kappa shape index (κ1) is 42.5. The van der Waals surface area contributed by atoms with Gasteiger partial charge in [-0.1, -0.05) is 47.0 Å². The molecule has 3 aliphatic heterocycles. The highest BCUT2D eigenvalue weighted by atomic mass is 35.5. The number of rotatable bonds is 18. The number of halogens is 2. The highest BCUT2D eigenvalue weighted by molar-refractivity contribution is 6.40. The van der Waals surface area contributed by atoms with Crippen molar-refractivity contribution in [2.45, 2.75) is 89.3 Å². The van der Waals surface area contributed by atoms with E-state index in [4.69, 9.17) is 27.9 Å². The van der Waals surface area contributed by atoms with E-state index in [1.807, 2.05) is 10.9 Å². The van der Waals surface area contributed by atoms with Gasteiger partial charge in [-0.2, -0.15) is 5.10 Å². The van der Waals surface area contributed by atoms with Crippen LogP contribution >= 0.6 is 23.2 Å². The molecule has 17 nitrogen and oxygen atoms in total. The van der Waals surface area contributed by atoms with Gasteiger partial charge < -0.3 is 20.3 Å². The van der Waals surface area contributed by atoms with Crippen LogP contribution in [0.1, 0.15) is 111 Å². The zero-order valence-electron chi connectivity index (χ0n) is 32.9. The highest BCUT2D eigenvalue weighted by Gasteiger charge is 2.46. The Bertz CT molecular complexity index is 2230. The number of carbonyl (C=O) groups is 6. The first-order valence-corrected chi connectivity index (χ1v) is 21.0. The third-order valence-corrected chi connectivity index (χ3v) is 11.6. The van der Waals surface area contributed by atoms with E-state index in [0.717, 1.165) is 94.6 Å². The van der Waals surface area contributed by atoms with Crippen molar-refractivity contribution in [1.29, 1.82) is 0 Å². The van der Waals surface area contributed by atoms with Crippen molar-refractivity contribution >= 4 is 64.3 Å². The Balaban J connectivity index is 0.741. The molecule has 2 saturated heterocycles. The van der Waals surface area contributed by atoms with Crippen molar-refractivity contribution in [3.63, 3.8) is 0 Å². The normalized spacial score (nSPS) is 17.2. The van der Waals surface area contributed by atoms with Crippen molar-refractivity contribution in [1.82, 2.24) is 45.6 Å². The van der Waals surface area contributed by atoms with Crippen molar-refractivity contribution in [2.24, 2.45) is 0 Å². The summed E-state index contributed by atoms with van der Waals surface area (Å²) in [6.07, 6.45) is 11.6. The van der Waals surface area contributed by atoms with E-state index in [1.165, 1.54) is 6.20 Å². The Kier molecular flexibility index (Phi) is 13.9. The number of hydrogen-bond acceptors (Lipinski definition) is 11. The number of aromatic nitrogens is 5. The Morgan fingerprint density at radius 2 is 1.62 bits per heavy atom. The second-order valence-corrected chi connectivity index (χ2v) is 15.9. The lowest BCUT2D eigenvalue weighted by Crippen LogP contribution is -2.54. The number of likely N-dealkylation sites (tertiary alicyclic amines) is 1. The molecule has 4 N–H and O–H groups in total. The molecule has 2 aromatic heterocycles. The number of imide groups is 2. The molecule has 1 unspecified atom stereocenters. The predicted molar refractivity (Wildman–Crippen MR) is 220 cm³/mol. The van der Waals surface area contributed by atoms with Gasteiger partial charge in [0.05, 0.1) is 50.9 Å². The van der Waals surface area contributed by atoms with E-state index >= 15 is 0 Å². The van der Waals surface area contributed by atoms with Gasteiger partial charge in [-0.15, -0.1) is 5.10 Å². The zero-order valence-corrected chi connectivity index (χ0v) is 34.4. The number of amides is 6. The van der Waals surface area contributed by atoms with Gasteiger partial charge >= 0.3 is 0 Å². The molecule has 1 atom stereocenters. The van der Waals surface area contributed by atoms with Gasteiger partial charge in [0.25, 0.3) is 23.6 Å². The number of ether oxygens (including phenoxy) is 1. The summed E-state index contributed by atoms with van der Waals surface area (Å²) in [6.45, 7) is 3.81.